The molecule has 0 aromatic rings. The van der Waals surface area contributed by atoms with Crippen molar-refractivity contribution in [1.29, 1.82) is 0 Å². The molecule has 0 aliphatic heterocycles. The molecular formula is C8H16NO2. The number of nitrogens with zero attached hydrogens (tertiary/aromatic N) is 1. The smallest absolute Gasteiger partial charge is 0.409 e. The van der Waals surface area contributed by atoms with Crippen molar-refractivity contribution >= 4 is 6.09 Å². The molecule has 3 nitrogen and oxygen atoms in total. The fourth-order valence-electron chi connectivity index (χ4n) is 0.677. The fourth-order valence-corrected chi connectivity index (χ4v) is 0.677. The average Bonchev–Trinajstić information content (AvgIpc) is 2.00. The van der Waals surface area contributed by atoms with Crippen molar-refractivity contribution in [3.8, 4) is 0 Å². The van der Waals surface area contributed by atoms with E-state index in [2.05, 4.69) is 11.7 Å². The van der Waals surface area contributed by atoms with E-state index in [9.17, 15) is 4.79 Å². The van der Waals surface area contributed by atoms with Gasteiger partial charge in [0, 0.05) is 13.6 Å². The highest BCUT2D eigenvalue weighted by Crippen LogP contribution is 1.95. The van der Waals surface area contributed by atoms with Gasteiger partial charge in [0.05, 0.1) is 0 Å². The van der Waals surface area contributed by atoms with Crippen LogP contribution < -0.4 is 0 Å². The first-order chi connectivity index (χ1) is 5.22. The molecule has 0 saturated heterocycles. The highest BCUT2D eigenvalue weighted by Gasteiger charge is 2.06. The van der Waals surface area contributed by atoms with E-state index in [1.165, 1.54) is 6.61 Å². The van der Waals surface area contributed by atoms with Gasteiger partial charge in [-0.3, -0.25) is 0 Å². The zero-order chi connectivity index (χ0) is 8.69. The van der Waals surface area contributed by atoms with Crippen LogP contribution >= 0.6 is 0 Å². The van der Waals surface area contributed by atoms with Crippen molar-refractivity contribution in [2.24, 2.45) is 0 Å². The van der Waals surface area contributed by atoms with Crippen LogP contribution in [0.15, 0.2) is 0 Å². The summed E-state index contributed by atoms with van der Waals surface area (Å²) in [7, 11) is 1.74. The molecule has 1 radical (unpaired) electrons. The van der Waals surface area contributed by atoms with E-state index in [0.717, 1.165) is 19.4 Å². The molecule has 0 aliphatic rings. The maximum Gasteiger partial charge on any atom is 0.409 e. The van der Waals surface area contributed by atoms with Gasteiger partial charge in [0.15, 0.2) is 0 Å². The maximum absolute atomic E-state index is 10.9. The standard InChI is InChI=1S/C8H16NO2/c1-4-6-7-9(3)8(10)11-5-2/h5H,4,6-7H2,1-3H3. The second-order valence-corrected chi connectivity index (χ2v) is 2.39. The van der Waals surface area contributed by atoms with Crippen molar-refractivity contribution in [3.63, 3.8) is 0 Å². The summed E-state index contributed by atoms with van der Waals surface area (Å²) >= 11 is 0. The number of amides is 1. The Morgan fingerprint density at radius 3 is 2.73 bits per heavy atom. The predicted octanol–water partition coefficient (Wildman–Crippen LogP) is 2.04. The second kappa shape index (κ2) is 6.01. The molecule has 0 aliphatic carbocycles. The first-order valence-corrected chi connectivity index (χ1v) is 3.92. The van der Waals surface area contributed by atoms with Gasteiger partial charge < -0.3 is 9.64 Å². The maximum atomic E-state index is 10.9. The highest BCUT2D eigenvalue weighted by molar-refractivity contribution is 5.67. The summed E-state index contributed by atoms with van der Waals surface area (Å²) in [5.41, 5.74) is 0. The van der Waals surface area contributed by atoms with E-state index in [1.54, 1.807) is 18.9 Å². The molecule has 3 heteroatoms. The van der Waals surface area contributed by atoms with Gasteiger partial charge >= 0.3 is 6.09 Å². The minimum atomic E-state index is -0.277. The van der Waals surface area contributed by atoms with E-state index in [4.69, 9.17) is 0 Å². The Balaban J connectivity index is 3.46. The lowest BCUT2D eigenvalue weighted by Crippen LogP contribution is -2.27. The molecule has 0 spiro atoms. The normalized spacial score (nSPS) is 9.36. The van der Waals surface area contributed by atoms with Crippen LogP contribution in [-0.2, 0) is 4.74 Å². The van der Waals surface area contributed by atoms with E-state index in [0.29, 0.717) is 0 Å². The van der Waals surface area contributed by atoms with Gasteiger partial charge in [-0.15, -0.1) is 0 Å². The molecule has 0 fully saturated rings. The molecule has 0 atom stereocenters. The number of hydrogen-bond donors (Lipinski definition) is 0. The minimum absolute atomic E-state index is 0.277. The molecule has 11 heavy (non-hydrogen) atoms. The lowest BCUT2D eigenvalue weighted by atomic mass is 10.3. The molecule has 0 rings (SSSR count). The molecule has 0 unspecified atom stereocenters. The summed E-state index contributed by atoms with van der Waals surface area (Å²) in [6.45, 7) is 5.94. The van der Waals surface area contributed by atoms with Crippen molar-refractivity contribution in [2.75, 3.05) is 13.6 Å². The van der Waals surface area contributed by atoms with Crippen molar-refractivity contribution in [3.05, 3.63) is 6.61 Å². The zero-order valence-corrected chi connectivity index (χ0v) is 7.46. The summed E-state index contributed by atoms with van der Waals surface area (Å²) < 4.78 is 4.66. The van der Waals surface area contributed by atoms with Crippen LogP contribution in [0.3, 0.4) is 0 Å². The van der Waals surface area contributed by atoms with Crippen molar-refractivity contribution < 1.29 is 9.53 Å². The summed E-state index contributed by atoms with van der Waals surface area (Å²) in [5, 5.41) is 0. The molecule has 0 N–H and O–H groups in total. The minimum Gasteiger partial charge on any atom is -0.442 e. The van der Waals surface area contributed by atoms with Gasteiger partial charge in [-0.2, -0.15) is 0 Å². The largest absolute Gasteiger partial charge is 0.442 e. The fraction of sp³-hybridized carbons (Fsp3) is 0.750. The van der Waals surface area contributed by atoms with Gasteiger partial charge in [0.25, 0.3) is 0 Å². The van der Waals surface area contributed by atoms with E-state index >= 15 is 0 Å². The molecule has 0 aromatic carbocycles. The second-order valence-electron chi connectivity index (χ2n) is 2.39. The average molecular weight is 158 g/mol. The van der Waals surface area contributed by atoms with Gasteiger partial charge in [-0.25, -0.2) is 4.79 Å². The Hall–Kier alpha value is -0.730. The van der Waals surface area contributed by atoms with Crippen molar-refractivity contribution in [1.82, 2.24) is 4.90 Å². The lowest BCUT2D eigenvalue weighted by Gasteiger charge is -2.14. The summed E-state index contributed by atoms with van der Waals surface area (Å²) in [4.78, 5) is 12.5. The number of ether oxygens (including phenoxy) is 1. The van der Waals surface area contributed by atoms with Crippen LogP contribution in [0.25, 0.3) is 0 Å². The van der Waals surface area contributed by atoms with Crippen LogP contribution in [0.4, 0.5) is 4.79 Å². The van der Waals surface area contributed by atoms with Gasteiger partial charge in [0.2, 0.25) is 0 Å². The Labute approximate surface area is 68.3 Å². The molecule has 0 heterocycles. The van der Waals surface area contributed by atoms with Gasteiger partial charge in [-0.05, 0) is 13.3 Å². The number of hydrogen-bond acceptors (Lipinski definition) is 2. The summed E-state index contributed by atoms with van der Waals surface area (Å²) in [6.07, 6.45) is 1.84. The summed E-state index contributed by atoms with van der Waals surface area (Å²) in [6, 6.07) is 0. The third-order valence-corrected chi connectivity index (χ3v) is 1.38. The number of unbranched alkanes of at least 4 members (excludes halogenated alkanes) is 1. The Morgan fingerprint density at radius 1 is 1.64 bits per heavy atom. The van der Waals surface area contributed by atoms with E-state index in [1.807, 2.05) is 0 Å². The van der Waals surface area contributed by atoms with Crippen LogP contribution in [-0.4, -0.2) is 24.6 Å². The van der Waals surface area contributed by atoms with Crippen LogP contribution in [0.1, 0.15) is 26.7 Å². The zero-order valence-electron chi connectivity index (χ0n) is 7.46. The highest BCUT2D eigenvalue weighted by atomic mass is 16.5. The Kier molecular flexibility index (Phi) is 5.61. The number of carbonyl (C=O) groups is 1. The first kappa shape index (κ1) is 10.3. The van der Waals surface area contributed by atoms with Crippen LogP contribution in [0.2, 0.25) is 0 Å². The molecule has 0 aromatic heterocycles. The number of rotatable bonds is 4. The first-order valence-electron chi connectivity index (χ1n) is 3.92. The van der Waals surface area contributed by atoms with Gasteiger partial charge in [0.1, 0.15) is 6.61 Å². The Morgan fingerprint density at radius 2 is 2.27 bits per heavy atom. The lowest BCUT2D eigenvalue weighted by molar-refractivity contribution is 0.135. The van der Waals surface area contributed by atoms with E-state index in [-0.39, 0.29) is 6.09 Å². The van der Waals surface area contributed by atoms with Crippen LogP contribution in [0.5, 0.6) is 0 Å². The van der Waals surface area contributed by atoms with Crippen molar-refractivity contribution in [2.45, 2.75) is 26.7 Å². The molecular weight excluding hydrogens is 142 g/mol. The third-order valence-electron chi connectivity index (χ3n) is 1.38. The SMILES string of the molecule is C[CH]OC(=O)N(C)CCCC. The monoisotopic (exact) mass is 158 g/mol. The van der Waals surface area contributed by atoms with E-state index < -0.39 is 0 Å². The molecule has 65 valence electrons. The predicted molar refractivity (Wildman–Crippen MR) is 44.0 cm³/mol. The molecule has 0 bridgehead atoms. The Bertz CT molecular complexity index is 115. The molecule has 1 amide bonds. The summed E-state index contributed by atoms with van der Waals surface area (Å²) in [5.74, 6) is 0. The number of carbonyl (C=O) groups excluding carboxylic acids is 1. The van der Waals surface area contributed by atoms with Gasteiger partial charge in [-0.1, -0.05) is 13.3 Å². The molecule has 0 saturated carbocycles. The quantitative estimate of drug-likeness (QED) is 0.626. The topological polar surface area (TPSA) is 29.5 Å². The van der Waals surface area contributed by atoms with Crippen LogP contribution in [0, 0.1) is 6.61 Å². The third kappa shape index (κ3) is 4.65.